The molecule has 9 rings (SSSR count). The van der Waals surface area contributed by atoms with Crippen LogP contribution in [0.5, 0.6) is 0 Å². The molecule has 3 aromatic heterocycles. The molecule has 6 aromatic carbocycles. The molecule has 3 heteroatoms. The number of fused-ring (bicyclic) bond motifs is 5. The molecule has 0 unspecified atom stereocenters. The molecule has 0 radical (unpaired) electrons. The highest BCUT2D eigenvalue weighted by molar-refractivity contribution is 6.21. The summed E-state index contributed by atoms with van der Waals surface area (Å²) in [5.41, 5.74) is 10.0. The zero-order valence-electron chi connectivity index (χ0n) is 24.4. The molecule has 0 saturated carbocycles. The lowest BCUT2D eigenvalue weighted by molar-refractivity contribution is 1.14. The van der Waals surface area contributed by atoms with Crippen molar-refractivity contribution in [2.45, 2.75) is 0 Å². The number of para-hydroxylation sites is 1. The van der Waals surface area contributed by atoms with Gasteiger partial charge in [0.25, 0.3) is 0 Å². The van der Waals surface area contributed by atoms with Gasteiger partial charge in [0, 0.05) is 40.0 Å². The van der Waals surface area contributed by atoms with E-state index in [2.05, 4.69) is 150 Å². The van der Waals surface area contributed by atoms with E-state index in [0.29, 0.717) is 0 Å². The fourth-order valence-corrected chi connectivity index (χ4v) is 6.91. The molecule has 9 aromatic rings. The number of aromatic nitrogens is 3. The number of hydrogen-bond donors (Lipinski definition) is 0. The molecule has 0 bridgehead atoms. The first kappa shape index (κ1) is 25.4. The van der Waals surface area contributed by atoms with Gasteiger partial charge in [-0.1, -0.05) is 115 Å². The average Bonchev–Trinajstić information content (AvgIpc) is 3.45. The fourth-order valence-electron chi connectivity index (χ4n) is 6.91. The Hall–Kier alpha value is -6.06. The lowest BCUT2D eigenvalue weighted by atomic mass is 9.86. The summed E-state index contributed by atoms with van der Waals surface area (Å²) in [6.45, 7) is 0. The second kappa shape index (κ2) is 10.3. The molecule has 0 aliphatic heterocycles. The zero-order valence-corrected chi connectivity index (χ0v) is 24.4. The molecule has 45 heavy (non-hydrogen) atoms. The molecular formula is C42H27N3. The Morgan fingerprint density at radius 1 is 0.378 bits per heavy atom. The van der Waals surface area contributed by atoms with Gasteiger partial charge in [-0.05, 0) is 74.6 Å². The van der Waals surface area contributed by atoms with Gasteiger partial charge in [-0.3, -0.25) is 9.55 Å². The summed E-state index contributed by atoms with van der Waals surface area (Å²) in [6, 6.07) is 53.8. The van der Waals surface area contributed by atoms with E-state index in [4.69, 9.17) is 9.97 Å². The van der Waals surface area contributed by atoms with Gasteiger partial charge in [0.2, 0.25) is 0 Å². The first-order valence-corrected chi connectivity index (χ1v) is 15.3. The number of nitrogens with zero attached hydrogens (tertiary/aromatic N) is 3. The van der Waals surface area contributed by atoms with Crippen LogP contribution in [0.3, 0.4) is 0 Å². The van der Waals surface area contributed by atoms with E-state index in [1.54, 1.807) is 0 Å². The van der Waals surface area contributed by atoms with Crippen LogP contribution in [-0.2, 0) is 0 Å². The quantitative estimate of drug-likeness (QED) is 0.196. The van der Waals surface area contributed by atoms with Crippen LogP contribution >= 0.6 is 0 Å². The molecule has 0 aliphatic carbocycles. The molecule has 0 fully saturated rings. The van der Waals surface area contributed by atoms with Crippen molar-refractivity contribution in [1.29, 1.82) is 0 Å². The van der Waals surface area contributed by atoms with Crippen molar-refractivity contribution in [2.75, 3.05) is 0 Å². The number of benzene rings is 6. The van der Waals surface area contributed by atoms with E-state index >= 15 is 0 Å². The van der Waals surface area contributed by atoms with Crippen LogP contribution in [-0.4, -0.2) is 14.5 Å². The minimum absolute atomic E-state index is 0.945. The van der Waals surface area contributed by atoms with Crippen molar-refractivity contribution in [3.63, 3.8) is 0 Å². The molecule has 0 saturated heterocycles. The van der Waals surface area contributed by atoms with Gasteiger partial charge in [-0.25, -0.2) is 4.98 Å². The van der Waals surface area contributed by atoms with E-state index in [1.807, 2.05) is 18.5 Å². The minimum Gasteiger partial charge on any atom is -0.294 e. The second-order valence-electron chi connectivity index (χ2n) is 11.4. The van der Waals surface area contributed by atoms with Gasteiger partial charge in [0.05, 0.1) is 11.2 Å². The molecule has 3 heterocycles. The Bertz CT molecular complexity index is 2400. The van der Waals surface area contributed by atoms with Gasteiger partial charge in [0.15, 0.2) is 0 Å². The molecule has 210 valence electrons. The minimum atomic E-state index is 0.945. The average molecular weight is 574 g/mol. The first-order chi connectivity index (χ1) is 22.3. The Morgan fingerprint density at radius 2 is 0.933 bits per heavy atom. The van der Waals surface area contributed by atoms with Gasteiger partial charge in [-0.15, -0.1) is 0 Å². The molecule has 3 nitrogen and oxygen atoms in total. The first-order valence-electron chi connectivity index (χ1n) is 15.3. The van der Waals surface area contributed by atoms with Crippen LogP contribution < -0.4 is 0 Å². The van der Waals surface area contributed by atoms with Crippen molar-refractivity contribution >= 4 is 43.5 Å². The summed E-state index contributed by atoms with van der Waals surface area (Å²) in [4.78, 5) is 9.72. The predicted octanol–water partition coefficient (Wildman–Crippen LogP) is 10.9. The maximum atomic E-state index is 4.99. The Balaban J connectivity index is 1.14. The lowest BCUT2D eigenvalue weighted by Crippen LogP contribution is -1.95. The molecule has 0 N–H and O–H groups in total. The van der Waals surface area contributed by atoms with E-state index in [1.165, 1.54) is 43.6 Å². The summed E-state index contributed by atoms with van der Waals surface area (Å²) < 4.78 is 2.24. The van der Waals surface area contributed by atoms with E-state index < -0.39 is 0 Å². The van der Waals surface area contributed by atoms with Crippen LogP contribution in [0.1, 0.15) is 0 Å². The maximum Gasteiger partial charge on any atom is 0.145 e. The predicted molar refractivity (Wildman–Crippen MR) is 188 cm³/mol. The zero-order chi connectivity index (χ0) is 29.7. The van der Waals surface area contributed by atoms with E-state index in [0.717, 1.165) is 39.1 Å². The smallest absolute Gasteiger partial charge is 0.145 e. The third kappa shape index (κ3) is 4.05. The second-order valence-corrected chi connectivity index (χ2v) is 11.4. The van der Waals surface area contributed by atoms with E-state index in [-0.39, 0.29) is 0 Å². The van der Waals surface area contributed by atoms with Gasteiger partial charge < -0.3 is 0 Å². The summed E-state index contributed by atoms with van der Waals surface area (Å²) in [6.07, 6.45) is 3.88. The largest absolute Gasteiger partial charge is 0.294 e. The van der Waals surface area contributed by atoms with Gasteiger partial charge in [-0.2, -0.15) is 0 Å². The van der Waals surface area contributed by atoms with Crippen LogP contribution in [0.4, 0.5) is 0 Å². The van der Waals surface area contributed by atoms with Crippen LogP contribution in [0.15, 0.2) is 164 Å². The normalized spacial score (nSPS) is 11.6. The Labute approximate surface area is 260 Å². The third-order valence-electron chi connectivity index (χ3n) is 8.90. The monoisotopic (exact) mass is 573 g/mol. The van der Waals surface area contributed by atoms with Crippen molar-refractivity contribution in [3.05, 3.63) is 164 Å². The van der Waals surface area contributed by atoms with Crippen molar-refractivity contribution < 1.29 is 0 Å². The Kier molecular flexibility index (Phi) is 5.82. The topological polar surface area (TPSA) is 30.7 Å². The van der Waals surface area contributed by atoms with Crippen LogP contribution in [0, 0.1) is 0 Å². The van der Waals surface area contributed by atoms with Crippen molar-refractivity contribution in [2.24, 2.45) is 0 Å². The highest BCUT2D eigenvalue weighted by atomic mass is 15.0. The number of hydrogen-bond acceptors (Lipinski definition) is 2. The molecule has 0 amide bonds. The van der Waals surface area contributed by atoms with Gasteiger partial charge in [0.1, 0.15) is 5.65 Å². The summed E-state index contributed by atoms with van der Waals surface area (Å²) in [5.74, 6) is 0. The molecule has 0 atom stereocenters. The van der Waals surface area contributed by atoms with Crippen LogP contribution in [0.25, 0.3) is 82.7 Å². The van der Waals surface area contributed by atoms with Crippen LogP contribution in [0.2, 0.25) is 0 Å². The summed E-state index contributed by atoms with van der Waals surface area (Å²) >= 11 is 0. The van der Waals surface area contributed by atoms with Gasteiger partial charge >= 0.3 is 0 Å². The maximum absolute atomic E-state index is 4.99. The van der Waals surface area contributed by atoms with E-state index in [9.17, 15) is 0 Å². The van der Waals surface area contributed by atoms with Crippen molar-refractivity contribution in [3.8, 4) is 39.2 Å². The summed E-state index contributed by atoms with van der Waals surface area (Å²) in [5, 5.41) is 7.32. The molecular weight excluding hydrogens is 546 g/mol. The highest BCUT2D eigenvalue weighted by Gasteiger charge is 2.17. The standard InChI is InChI=1S/C42H27N3/c1-2-11-29(12-3-1)40-33-14-4-6-16-35(33)41(36-17-7-5-15-34(36)40)30-22-25-38(44-27-30)28-20-23-31(24-21-28)45-39-19-9-8-13-32(39)37-18-10-26-43-42(37)45/h1-27H. The SMILES string of the molecule is c1ccc(-c2c3ccccc3c(-c3ccc(-c4ccc(-n5c6ccccc6c6cccnc65)cc4)nc3)c3ccccc23)cc1. The number of rotatable bonds is 4. The lowest BCUT2D eigenvalue weighted by Gasteiger charge is -2.17. The fraction of sp³-hybridized carbons (Fsp3) is 0. The number of pyridine rings is 2. The Morgan fingerprint density at radius 3 is 1.58 bits per heavy atom. The molecule has 0 aliphatic rings. The van der Waals surface area contributed by atoms with Crippen molar-refractivity contribution in [1.82, 2.24) is 14.5 Å². The molecule has 0 spiro atoms. The third-order valence-corrected chi connectivity index (χ3v) is 8.90. The highest BCUT2D eigenvalue weighted by Crippen LogP contribution is 2.43. The summed E-state index contributed by atoms with van der Waals surface area (Å²) in [7, 11) is 0.